The molecule has 6 aromatic carbocycles. The summed E-state index contributed by atoms with van der Waals surface area (Å²) in [7, 11) is 0. The van der Waals surface area contributed by atoms with Gasteiger partial charge in [0.25, 0.3) is 0 Å². The van der Waals surface area contributed by atoms with E-state index >= 15 is 0 Å². The van der Waals surface area contributed by atoms with Gasteiger partial charge in [0, 0.05) is 58.4 Å². The zero-order valence-electron chi connectivity index (χ0n) is 39.1. The molecule has 0 saturated heterocycles. The summed E-state index contributed by atoms with van der Waals surface area (Å²) >= 11 is 0. The fourth-order valence-corrected chi connectivity index (χ4v) is 15.1. The third-order valence-corrected chi connectivity index (χ3v) is 18.8. The lowest BCUT2D eigenvalue weighted by Crippen LogP contribution is -2.54. The van der Waals surface area contributed by atoms with Gasteiger partial charge in [-0.05, 0) is 178 Å². The van der Waals surface area contributed by atoms with E-state index in [1.165, 1.54) is 152 Å². The van der Waals surface area contributed by atoms with E-state index < -0.39 is 5.41 Å². The van der Waals surface area contributed by atoms with Crippen LogP contribution < -0.4 is 9.80 Å². The minimum atomic E-state index is -0.463. The Labute approximate surface area is 395 Å². The topological polar surface area (TPSA) is 32.3 Å². The monoisotopic (exact) mass is 868 g/mol. The summed E-state index contributed by atoms with van der Waals surface area (Å²) in [6.07, 6.45) is 17.5. The number of aromatic nitrogens is 2. The first-order chi connectivity index (χ1) is 32.7. The Balaban J connectivity index is 0.945. The van der Waals surface area contributed by atoms with Gasteiger partial charge in [-0.25, -0.2) is 0 Å². The minimum absolute atomic E-state index is 0.0161. The lowest BCUT2D eigenvalue weighted by atomic mass is 9.61. The summed E-state index contributed by atoms with van der Waals surface area (Å²) in [4.78, 5) is 14.1. The normalized spacial score (nSPS) is 25.4. The molecule has 6 aliphatic rings. The first-order valence-corrected chi connectivity index (χ1v) is 24.9. The van der Waals surface area contributed by atoms with Crippen molar-refractivity contribution in [3.05, 3.63) is 204 Å². The van der Waals surface area contributed by atoms with E-state index in [4.69, 9.17) is 0 Å². The van der Waals surface area contributed by atoms with Crippen LogP contribution in [-0.4, -0.2) is 21.0 Å². The number of fused-ring (bicyclic) bond motifs is 16. The Hall–Kier alpha value is -6.78. The molecule has 14 rings (SSSR count). The highest BCUT2D eigenvalue weighted by Crippen LogP contribution is 2.66. The van der Waals surface area contributed by atoms with Crippen LogP contribution in [0.2, 0.25) is 0 Å². The smallest absolute Gasteiger partial charge is 0.0725 e. The molecule has 8 aromatic rings. The van der Waals surface area contributed by atoms with Crippen LogP contribution in [-0.2, 0) is 16.2 Å². The van der Waals surface area contributed by atoms with Crippen LogP contribution in [0.5, 0.6) is 0 Å². The van der Waals surface area contributed by atoms with Crippen molar-refractivity contribution < 1.29 is 0 Å². The van der Waals surface area contributed by atoms with Gasteiger partial charge >= 0.3 is 0 Å². The maximum Gasteiger partial charge on any atom is 0.0725 e. The van der Waals surface area contributed by atoms with Gasteiger partial charge in [-0.1, -0.05) is 124 Å². The van der Waals surface area contributed by atoms with Crippen molar-refractivity contribution in [1.82, 2.24) is 9.97 Å². The summed E-state index contributed by atoms with van der Waals surface area (Å²) < 4.78 is 0. The maximum absolute atomic E-state index is 4.41. The van der Waals surface area contributed by atoms with Crippen molar-refractivity contribution in [1.29, 1.82) is 0 Å². The van der Waals surface area contributed by atoms with Crippen molar-refractivity contribution in [3.8, 4) is 44.5 Å². The van der Waals surface area contributed by atoms with Crippen molar-refractivity contribution in [2.45, 2.75) is 106 Å². The molecule has 2 fully saturated rings. The molecule has 0 N–H and O–H groups in total. The molecule has 4 aliphatic carbocycles. The molecule has 0 amide bonds. The molecule has 4 unspecified atom stereocenters. The first kappa shape index (κ1) is 39.4. The van der Waals surface area contributed by atoms with E-state index in [0.717, 1.165) is 0 Å². The van der Waals surface area contributed by atoms with E-state index in [1.807, 2.05) is 24.8 Å². The van der Waals surface area contributed by atoms with Crippen molar-refractivity contribution in [3.63, 3.8) is 0 Å². The third-order valence-electron chi connectivity index (χ3n) is 18.8. The average molecular weight is 869 g/mol. The average Bonchev–Trinajstić information content (AvgIpc) is 3.98. The van der Waals surface area contributed by atoms with Gasteiger partial charge < -0.3 is 9.80 Å². The predicted molar refractivity (Wildman–Crippen MR) is 275 cm³/mol. The Morgan fingerprint density at radius 3 is 1.15 bits per heavy atom. The zero-order chi connectivity index (χ0) is 44.9. The van der Waals surface area contributed by atoms with E-state index in [2.05, 4.69) is 193 Å². The Bertz CT molecular complexity index is 3130. The molecular weight excluding hydrogens is 813 g/mol. The van der Waals surface area contributed by atoms with Crippen molar-refractivity contribution in [2.75, 3.05) is 9.80 Å². The fraction of sp³-hybridized carbons (Fsp3) is 0.270. The number of benzene rings is 6. The number of rotatable bonds is 4. The highest BCUT2D eigenvalue weighted by atomic mass is 15.3. The highest BCUT2D eigenvalue weighted by Gasteiger charge is 2.59. The first-order valence-electron chi connectivity index (χ1n) is 24.9. The van der Waals surface area contributed by atoms with E-state index in [1.54, 1.807) is 0 Å². The molecule has 0 radical (unpaired) electrons. The second-order valence-corrected chi connectivity index (χ2v) is 21.5. The Morgan fingerprint density at radius 1 is 0.358 bits per heavy atom. The van der Waals surface area contributed by atoms with E-state index in [0.29, 0.717) is 0 Å². The molecule has 328 valence electrons. The van der Waals surface area contributed by atoms with E-state index in [-0.39, 0.29) is 21.9 Å². The van der Waals surface area contributed by atoms with E-state index in [9.17, 15) is 0 Å². The number of nitrogens with zero attached hydrogens (tertiary/aromatic N) is 4. The summed E-state index contributed by atoms with van der Waals surface area (Å²) in [6.45, 7) is 10.1. The number of anilines is 4. The van der Waals surface area contributed by atoms with Crippen LogP contribution in [0.15, 0.2) is 170 Å². The largest absolute Gasteiger partial charge is 0.334 e. The molecule has 4 heterocycles. The molecule has 1 spiro atoms. The van der Waals surface area contributed by atoms with Gasteiger partial charge in [-0.15, -0.1) is 0 Å². The molecule has 4 atom stereocenters. The molecule has 2 saturated carbocycles. The number of hydrogen-bond donors (Lipinski definition) is 0. The van der Waals surface area contributed by atoms with Crippen LogP contribution in [0.3, 0.4) is 0 Å². The Kier molecular flexibility index (Phi) is 8.03. The standard InChI is InChI=1S/C63H56N4/c1-59-29-9-11-31-61(59,3)66(45-25-33-64-34-26-45)57-23-19-43(39-55(57)59)41-17-21-49-50-22-18-42(38-54(50)63(53(49)37-41)51-15-7-5-13-47(51)48-14-6-8-16-52(48)63)44-20-24-58-56(40-44)60(2)30-10-12-32-62(60,4)67(58)46-27-35-65-36-28-46/h5-8,13-28,33-40H,9-12,29-32H2,1-4H3. The second kappa shape index (κ2) is 13.7. The molecule has 67 heavy (non-hydrogen) atoms. The molecule has 2 aromatic heterocycles. The number of hydrogen-bond acceptors (Lipinski definition) is 4. The van der Waals surface area contributed by atoms with Gasteiger partial charge in [0.15, 0.2) is 0 Å². The summed E-state index contributed by atoms with van der Waals surface area (Å²) in [6, 6.07) is 56.8. The van der Waals surface area contributed by atoms with Crippen molar-refractivity contribution >= 4 is 22.7 Å². The SMILES string of the molecule is CC12CCCCC1(C)N(c1ccncc1)c1ccc(-c3ccc4c(c3)C3(c5ccccc5-c5ccccc53)c3cc(-c5ccc6c(c5)C5(C)CCCCC5(C)N6c5ccncc5)ccc3-4)cc12. The maximum atomic E-state index is 4.41. The van der Waals surface area contributed by atoms with Gasteiger partial charge in [-0.3, -0.25) is 9.97 Å². The molecule has 0 bridgehead atoms. The van der Waals surface area contributed by atoms with Gasteiger partial charge in [0.05, 0.1) is 16.5 Å². The van der Waals surface area contributed by atoms with Crippen LogP contribution in [0.25, 0.3) is 44.5 Å². The molecule has 4 nitrogen and oxygen atoms in total. The van der Waals surface area contributed by atoms with Gasteiger partial charge in [0.1, 0.15) is 0 Å². The lowest BCUT2D eigenvalue weighted by molar-refractivity contribution is 0.195. The second-order valence-electron chi connectivity index (χ2n) is 21.5. The molecule has 4 heteroatoms. The lowest BCUT2D eigenvalue weighted by Gasteiger charge is -2.50. The summed E-state index contributed by atoms with van der Waals surface area (Å²) in [5.41, 5.74) is 23.7. The van der Waals surface area contributed by atoms with Crippen LogP contribution in [0.1, 0.15) is 112 Å². The third kappa shape index (κ3) is 4.89. The number of pyridine rings is 2. The molecule has 2 aliphatic heterocycles. The summed E-state index contributed by atoms with van der Waals surface area (Å²) in [5.74, 6) is 0. The van der Waals surface area contributed by atoms with Gasteiger partial charge in [-0.2, -0.15) is 0 Å². The van der Waals surface area contributed by atoms with Crippen molar-refractivity contribution in [2.24, 2.45) is 0 Å². The van der Waals surface area contributed by atoms with Gasteiger partial charge in [0.2, 0.25) is 0 Å². The minimum Gasteiger partial charge on any atom is -0.334 e. The fourth-order valence-electron chi connectivity index (χ4n) is 15.1. The molecular formula is C63H56N4. The van der Waals surface area contributed by atoms with Crippen LogP contribution >= 0.6 is 0 Å². The highest BCUT2D eigenvalue weighted by molar-refractivity contribution is 5.97. The summed E-state index contributed by atoms with van der Waals surface area (Å²) in [5, 5.41) is 0. The van der Waals surface area contributed by atoms with Crippen LogP contribution in [0, 0.1) is 0 Å². The zero-order valence-corrected chi connectivity index (χ0v) is 39.1. The quantitative estimate of drug-likeness (QED) is 0.176. The predicted octanol–water partition coefficient (Wildman–Crippen LogP) is 15.6. The van der Waals surface area contributed by atoms with Crippen LogP contribution in [0.4, 0.5) is 22.7 Å². The Morgan fingerprint density at radius 2 is 0.716 bits per heavy atom.